The van der Waals surface area contributed by atoms with Crippen LogP contribution in [0.25, 0.3) is 10.4 Å². The number of nitrogens with zero attached hydrogens (tertiary/aromatic N) is 4. The topological polar surface area (TPSA) is 70.9 Å². The number of hydrogen-bond acceptors (Lipinski definition) is 3. The summed E-state index contributed by atoms with van der Waals surface area (Å²) < 4.78 is 5.00. The summed E-state index contributed by atoms with van der Waals surface area (Å²) >= 11 is 0. The molecule has 0 atom stereocenters. The van der Waals surface area contributed by atoms with Crippen LogP contribution in [0.4, 0.5) is 0 Å². The van der Waals surface area contributed by atoms with Crippen LogP contribution in [0.15, 0.2) is 23.4 Å². The molecule has 5 nitrogen and oxygen atoms in total. The van der Waals surface area contributed by atoms with Crippen molar-refractivity contribution in [2.24, 2.45) is 5.11 Å². The van der Waals surface area contributed by atoms with E-state index in [4.69, 9.17) is 10.3 Å². The SMILES string of the molecule is COc1cccnc1CN=[N+]=[N-]. The van der Waals surface area contributed by atoms with Gasteiger partial charge in [0.15, 0.2) is 0 Å². The van der Waals surface area contributed by atoms with Gasteiger partial charge in [-0.15, -0.1) is 0 Å². The van der Waals surface area contributed by atoms with E-state index in [9.17, 15) is 0 Å². The van der Waals surface area contributed by atoms with Gasteiger partial charge in [0, 0.05) is 11.1 Å². The Morgan fingerprint density at radius 1 is 1.75 bits per heavy atom. The molecule has 12 heavy (non-hydrogen) atoms. The quantitative estimate of drug-likeness (QED) is 0.389. The van der Waals surface area contributed by atoms with E-state index >= 15 is 0 Å². The van der Waals surface area contributed by atoms with Gasteiger partial charge >= 0.3 is 0 Å². The Morgan fingerprint density at radius 2 is 2.58 bits per heavy atom. The summed E-state index contributed by atoms with van der Waals surface area (Å²) in [6, 6.07) is 3.54. The monoisotopic (exact) mass is 164 g/mol. The fraction of sp³-hybridized carbons (Fsp3) is 0.286. The molecule has 0 saturated carbocycles. The second-order valence-electron chi connectivity index (χ2n) is 2.04. The highest BCUT2D eigenvalue weighted by atomic mass is 16.5. The number of methoxy groups -OCH3 is 1. The number of rotatable bonds is 3. The summed E-state index contributed by atoms with van der Waals surface area (Å²) in [5.74, 6) is 0.643. The predicted molar refractivity (Wildman–Crippen MR) is 43.6 cm³/mol. The highest BCUT2D eigenvalue weighted by Gasteiger charge is 1.99. The zero-order chi connectivity index (χ0) is 8.81. The van der Waals surface area contributed by atoms with Crippen molar-refractivity contribution < 1.29 is 4.74 Å². The molecule has 0 N–H and O–H groups in total. The highest BCUT2D eigenvalue weighted by Crippen LogP contribution is 2.14. The molecular formula is C7H8N4O. The van der Waals surface area contributed by atoms with Crippen molar-refractivity contribution in [1.29, 1.82) is 0 Å². The lowest BCUT2D eigenvalue weighted by Crippen LogP contribution is -1.92. The Bertz CT molecular complexity index is 306. The molecule has 0 unspecified atom stereocenters. The first kappa shape index (κ1) is 8.36. The summed E-state index contributed by atoms with van der Waals surface area (Å²) in [4.78, 5) is 6.63. The molecule has 0 spiro atoms. The zero-order valence-corrected chi connectivity index (χ0v) is 6.64. The van der Waals surface area contributed by atoms with Crippen LogP contribution >= 0.6 is 0 Å². The Kier molecular flexibility index (Phi) is 2.93. The van der Waals surface area contributed by atoms with Gasteiger partial charge in [-0.2, -0.15) is 0 Å². The molecule has 1 rings (SSSR count). The van der Waals surface area contributed by atoms with E-state index < -0.39 is 0 Å². The number of azide groups is 1. The third kappa shape index (κ3) is 1.87. The number of aromatic nitrogens is 1. The van der Waals surface area contributed by atoms with Crippen LogP contribution in [0.1, 0.15) is 5.69 Å². The molecule has 1 aromatic heterocycles. The Balaban J connectivity index is 2.88. The van der Waals surface area contributed by atoms with Crippen LogP contribution in [0.3, 0.4) is 0 Å². The molecule has 0 aliphatic heterocycles. The summed E-state index contributed by atoms with van der Waals surface area (Å²) in [5, 5.41) is 3.39. The van der Waals surface area contributed by atoms with Crippen LogP contribution in [0.5, 0.6) is 5.75 Å². The molecule has 5 heteroatoms. The Morgan fingerprint density at radius 3 is 3.25 bits per heavy atom. The van der Waals surface area contributed by atoms with E-state index in [0.717, 1.165) is 0 Å². The molecule has 0 fully saturated rings. The first-order valence-electron chi connectivity index (χ1n) is 3.37. The van der Waals surface area contributed by atoms with Gasteiger partial charge in [-0.05, 0) is 17.7 Å². The van der Waals surface area contributed by atoms with Crippen molar-refractivity contribution in [2.45, 2.75) is 6.54 Å². The van der Waals surface area contributed by atoms with Gasteiger partial charge < -0.3 is 4.74 Å². The molecule has 1 heterocycles. The van der Waals surface area contributed by atoms with Gasteiger partial charge in [-0.3, -0.25) is 4.98 Å². The van der Waals surface area contributed by atoms with E-state index in [1.54, 1.807) is 25.4 Å². The highest BCUT2D eigenvalue weighted by molar-refractivity contribution is 5.26. The molecule has 0 saturated heterocycles. The maximum atomic E-state index is 8.08. The maximum absolute atomic E-state index is 8.08. The first-order valence-corrected chi connectivity index (χ1v) is 3.37. The Hall–Kier alpha value is -1.74. The van der Waals surface area contributed by atoms with E-state index in [1.807, 2.05) is 0 Å². The summed E-state index contributed by atoms with van der Waals surface area (Å²) in [6.45, 7) is 0.223. The van der Waals surface area contributed by atoms with Gasteiger partial charge in [0.2, 0.25) is 0 Å². The smallest absolute Gasteiger partial charge is 0.140 e. The van der Waals surface area contributed by atoms with Crippen LogP contribution in [0, 0.1) is 0 Å². The molecule has 0 aliphatic carbocycles. The summed E-state index contributed by atoms with van der Waals surface area (Å²) in [6.07, 6.45) is 1.63. The second kappa shape index (κ2) is 4.20. The van der Waals surface area contributed by atoms with Crippen LogP contribution in [0.2, 0.25) is 0 Å². The summed E-state index contributed by atoms with van der Waals surface area (Å²) in [5.41, 5.74) is 8.73. The molecule has 0 aliphatic rings. The fourth-order valence-corrected chi connectivity index (χ4v) is 0.826. The minimum atomic E-state index is 0.223. The van der Waals surface area contributed by atoms with E-state index in [-0.39, 0.29) is 6.54 Å². The number of ether oxygens (including phenoxy) is 1. The van der Waals surface area contributed by atoms with E-state index in [0.29, 0.717) is 11.4 Å². The number of pyridine rings is 1. The van der Waals surface area contributed by atoms with Crippen molar-refractivity contribution in [3.63, 3.8) is 0 Å². The van der Waals surface area contributed by atoms with Gasteiger partial charge in [-0.1, -0.05) is 5.11 Å². The van der Waals surface area contributed by atoms with Crippen molar-refractivity contribution >= 4 is 0 Å². The lowest BCUT2D eigenvalue weighted by molar-refractivity contribution is 0.407. The first-order chi connectivity index (χ1) is 5.88. The van der Waals surface area contributed by atoms with E-state index in [2.05, 4.69) is 15.0 Å². The van der Waals surface area contributed by atoms with Gasteiger partial charge in [-0.25, -0.2) is 0 Å². The summed E-state index contributed by atoms with van der Waals surface area (Å²) in [7, 11) is 1.55. The van der Waals surface area contributed by atoms with Crippen molar-refractivity contribution in [1.82, 2.24) is 4.98 Å². The average molecular weight is 164 g/mol. The normalized spacial score (nSPS) is 8.75. The average Bonchev–Trinajstić information content (AvgIpc) is 2.15. The van der Waals surface area contributed by atoms with Gasteiger partial charge in [0.05, 0.1) is 19.3 Å². The van der Waals surface area contributed by atoms with Gasteiger partial charge in [0.1, 0.15) is 5.75 Å². The lowest BCUT2D eigenvalue weighted by atomic mass is 10.3. The van der Waals surface area contributed by atoms with Crippen LogP contribution in [-0.2, 0) is 6.54 Å². The van der Waals surface area contributed by atoms with Crippen LogP contribution < -0.4 is 4.74 Å². The minimum Gasteiger partial charge on any atom is -0.495 e. The van der Waals surface area contributed by atoms with Crippen LogP contribution in [-0.4, -0.2) is 12.1 Å². The third-order valence-electron chi connectivity index (χ3n) is 1.35. The number of hydrogen-bond donors (Lipinski definition) is 0. The minimum absolute atomic E-state index is 0.223. The van der Waals surface area contributed by atoms with Gasteiger partial charge in [0.25, 0.3) is 0 Å². The fourth-order valence-electron chi connectivity index (χ4n) is 0.826. The molecule has 0 radical (unpaired) electrons. The molecular weight excluding hydrogens is 156 g/mol. The molecule has 0 bridgehead atoms. The zero-order valence-electron chi connectivity index (χ0n) is 6.64. The molecule has 0 aromatic carbocycles. The van der Waals surface area contributed by atoms with Crippen molar-refractivity contribution in [3.8, 4) is 5.75 Å². The van der Waals surface area contributed by atoms with Crippen molar-refractivity contribution in [2.75, 3.05) is 7.11 Å². The standard InChI is InChI=1S/C7H8N4O/c1-12-7-3-2-4-9-6(7)5-10-11-8/h2-4H,5H2,1H3. The van der Waals surface area contributed by atoms with Crippen molar-refractivity contribution in [3.05, 3.63) is 34.5 Å². The lowest BCUT2D eigenvalue weighted by Gasteiger charge is -2.02. The molecule has 1 aromatic rings. The second-order valence-corrected chi connectivity index (χ2v) is 2.04. The molecule has 0 amide bonds. The van der Waals surface area contributed by atoms with E-state index in [1.165, 1.54) is 0 Å². The largest absolute Gasteiger partial charge is 0.495 e. The predicted octanol–water partition coefficient (Wildman–Crippen LogP) is 1.90. The Labute approximate surface area is 69.6 Å². The molecule has 62 valence electrons. The third-order valence-corrected chi connectivity index (χ3v) is 1.35. The maximum Gasteiger partial charge on any atom is 0.140 e.